The predicted octanol–water partition coefficient (Wildman–Crippen LogP) is 6.68. The van der Waals surface area contributed by atoms with Crippen LogP contribution in [0.3, 0.4) is 0 Å². The fourth-order valence-electron chi connectivity index (χ4n) is 5.10. The highest BCUT2D eigenvalue weighted by molar-refractivity contribution is 7.92. The fraction of sp³-hybridized carbons (Fsp3) is 0.278. The summed E-state index contributed by atoms with van der Waals surface area (Å²) in [6, 6.07) is 24.2. The van der Waals surface area contributed by atoms with E-state index < -0.39 is 28.5 Å². The molecular formula is C36H39Cl2N3O6S. The molecule has 0 aliphatic rings. The number of anilines is 1. The van der Waals surface area contributed by atoms with Crippen LogP contribution in [0.4, 0.5) is 5.69 Å². The molecule has 1 N–H and O–H groups in total. The second-order valence-electron chi connectivity index (χ2n) is 11.1. The van der Waals surface area contributed by atoms with Crippen molar-refractivity contribution in [3.05, 3.63) is 118 Å². The molecule has 2 amide bonds. The lowest BCUT2D eigenvalue weighted by Gasteiger charge is -2.34. The number of hydrogen-bond acceptors (Lipinski definition) is 6. The van der Waals surface area contributed by atoms with E-state index in [4.69, 9.17) is 32.7 Å². The quantitative estimate of drug-likeness (QED) is 0.148. The highest BCUT2D eigenvalue weighted by atomic mass is 35.5. The van der Waals surface area contributed by atoms with Gasteiger partial charge in [0.2, 0.25) is 11.8 Å². The van der Waals surface area contributed by atoms with Crippen molar-refractivity contribution in [3.8, 4) is 11.5 Å². The first kappa shape index (κ1) is 36.6. The van der Waals surface area contributed by atoms with E-state index in [2.05, 4.69) is 5.32 Å². The van der Waals surface area contributed by atoms with Gasteiger partial charge in [0.15, 0.2) is 0 Å². The van der Waals surface area contributed by atoms with Gasteiger partial charge in [0.05, 0.1) is 24.8 Å². The number of methoxy groups -OCH3 is 2. The van der Waals surface area contributed by atoms with Crippen molar-refractivity contribution in [1.82, 2.24) is 10.2 Å². The number of carbonyl (C=O) groups excluding carboxylic acids is 2. The molecule has 0 bridgehead atoms. The molecule has 0 unspecified atom stereocenters. The molecule has 0 radical (unpaired) electrons. The predicted molar refractivity (Wildman–Crippen MR) is 190 cm³/mol. The lowest BCUT2D eigenvalue weighted by molar-refractivity contribution is -0.140. The third-order valence-electron chi connectivity index (χ3n) is 7.72. The molecule has 48 heavy (non-hydrogen) atoms. The molecule has 0 saturated carbocycles. The normalized spacial score (nSPS) is 11.8. The van der Waals surface area contributed by atoms with E-state index >= 15 is 0 Å². The van der Waals surface area contributed by atoms with Gasteiger partial charge in [0.1, 0.15) is 24.1 Å². The molecule has 4 aromatic carbocycles. The van der Waals surface area contributed by atoms with Crippen molar-refractivity contribution < 1.29 is 27.5 Å². The van der Waals surface area contributed by atoms with E-state index in [0.717, 1.165) is 15.4 Å². The van der Waals surface area contributed by atoms with Gasteiger partial charge in [-0.2, -0.15) is 0 Å². The number of ether oxygens (including phenoxy) is 2. The van der Waals surface area contributed by atoms with Crippen LogP contribution in [0.25, 0.3) is 0 Å². The molecule has 1 atom stereocenters. The minimum atomic E-state index is -4.36. The Morgan fingerprint density at radius 1 is 0.896 bits per heavy atom. The maximum absolute atomic E-state index is 14.7. The van der Waals surface area contributed by atoms with Gasteiger partial charge in [-0.15, -0.1) is 0 Å². The number of nitrogens with one attached hydrogen (secondary N) is 1. The molecule has 254 valence electrons. The molecule has 0 aromatic heterocycles. The fourth-order valence-corrected chi connectivity index (χ4v) is 6.98. The minimum absolute atomic E-state index is 0.0282. The first-order valence-electron chi connectivity index (χ1n) is 15.3. The zero-order chi connectivity index (χ0) is 34.8. The summed E-state index contributed by atoms with van der Waals surface area (Å²) >= 11 is 12.8. The number of carbonyl (C=O) groups is 2. The van der Waals surface area contributed by atoms with E-state index in [1.807, 2.05) is 44.2 Å². The van der Waals surface area contributed by atoms with Crippen LogP contribution in [0.5, 0.6) is 11.5 Å². The van der Waals surface area contributed by atoms with E-state index in [-0.39, 0.29) is 35.2 Å². The maximum atomic E-state index is 14.7. The van der Waals surface area contributed by atoms with Crippen LogP contribution in [0, 0.1) is 6.92 Å². The van der Waals surface area contributed by atoms with Crippen LogP contribution >= 0.6 is 23.2 Å². The number of nitrogens with zero attached hydrogens (tertiary/aromatic N) is 2. The molecule has 9 nitrogen and oxygen atoms in total. The maximum Gasteiger partial charge on any atom is 0.264 e. The molecule has 0 aliphatic carbocycles. The first-order valence-corrected chi connectivity index (χ1v) is 17.5. The standard InChI is InChI=1S/C36H39Cl2N3O6S/c1-5-19-39-36(43)33(20-26-9-7-6-8-10-26)40(23-27-13-14-28(37)21-31(27)38)35(42)24-41(32-22-29(46-3)15-18-34(32)47-4)48(44,45)30-16-11-25(2)12-17-30/h6-18,21-22,33H,5,19-20,23-24H2,1-4H3,(H,39,43)/t33-/m1/s1. The summed E-state index contributed by atoms with van der Waals surface area (Å²) in [5, 5.41) is 3.63. The Morgan fingerprint density at radius 2 is 1.60 bits per heavy atom. The molecule has 0 saturated heterocycles. The molecule has 0 fully saturated rings. The molecule has 4 rings (SSSR count). The average Bonchev–Trinajstić information content (AvgIpc) is 3.08. The Labute approximate surface area is 292 Å². The smallest absolute Gasteiger partial charge is 0.264 e. The highest BCUT2D eigenvalue weighted by Crippen LogP contribution is 2.36. The number of benzene rings is 4. The summed E-state index contributed by atoms with van der Waals surface area (Å²) < 4.78 is 40.8. The largest absolute Gasteiger partial charge is 0.497 e. The summed E-state index contributed by atoms with van der Waals surface area (Å²) in [7, 11) is -1.49. The van der Waals surface area contributed by atoms with Crippen molar-refractivity contribution in [2.75, 3.05) is 31.6 Å². The van der Waals surface area contributed by atoms with Crippen LogP contribution in [0.2, 0.25) is 10.0 Å². The lowest BCUT2D eigenvalue weighted by Crippen LogP contribution is -2.53. The van der Waals surface area contributed by atoms with E-state index in [1.165, 1.54) is 37.3 Å². The highest BCUT2D eigenvalue weighted by Gasteiger charge is 2.36. The molecule has 12 heteroatoms. The first-order chi connectivity index (χ1) is 23.0. The van der Waals surface area contributed by atoms with Crippen LogP contribution < -0.4 is 19.1 Å². The molecular weight excluding hydrogens is 673 g/mol. The number of rotatable bonds is 15. The van der Waals surface area contributed by atoms with Gasteiger partial charge in [0, 0.05) is 35.6 Å². The number of sulfonamides is 1. The van der Waals surface area contributed by atoms with E-state index in [9.17, 15) is 18.0 Å². The second-order valence-corrected chi connectivity index (χ2v) is 13.8. The summed E-state index contributed by atoms with van der Waals surface area (Å²) in [5.41, 5.74) is 2.30. The van der Waals surface area contributed by atoms with Crippen LogP contribution in [0.1, 0.15) is 30.0 Å². The molecule has 0 heterocycles. The third-order valence-corrected chi connectivity index (χ3v) is 10.1. The second kappa shape index (κ2) is 16.7. The van der Waals surface area contributed by atoms with Gasteiger partial charge in [-0.3, -0.25) is 13.9 Å². The molecule has 0 spiro atoms. The van der Waals surface area contributed by atoms with Crippen LogP contribution in [-0.2, 0) is 32.6 Å². The Bertz CT molecular complexity index is 1820. The minimum Gasteiger partial charge on any atom is -0.497 e. The van der Waals surface area contributed by atoms with Gasteiger partial charge in [-0.25, -0.2) is 8.42 Å². The van der Waals surface area contributed by atoms with Crippen molar-refractivity contribution >= 4 is 50.7 Å². The van der Waals surface area contributed by atoms with Crippen LogP contribution in [-0.4, -0.2) is 58.5 Å². The Morgan fingerprint density at radius 3 is 2.23 bits per heavy atom. The van der Waals surface area contributed by atoms with Crippen LogP contribution in [0.15, 0.2) is 95.9 Å². The number of halogens is 2. The Hall–Kier alpha value is -4.25. The zero-order valence-electron chi connectivity index (χ0n) is 27.3. The van der Waals surface area contributed by atoms with Gasteiger partial charge < -0.3 is 19.7 Å². The van der Waals surface area contributed by atoms with E-state index in [0.29, 0.717) is 34.3 Å². The summed E-state index contributed by atoms with van der Waals surface area (Å²) in [6.07, 6.45) is 0.847. The van der Waals surface area contributed by atoms with Crippen molar-refractivity contribution in [1.29, 1.82) is 0 Å². The Balaban J connectivity index is 1.88. The number of hydrogen-bond donors (Lipinski definition) is 1. The van der Waals surface area contributed by atoms with Gasteiger partial charge in [-0.1, -0.05) is 84.2 Å². The number of amides is 2. The van der Waals surface area contributed by atoms with Gasteiger partial charge >= 0.3 is 0 Å². The molecule has 4 aromatic rings. The number of aryl methyl sites for hydroxylation is 1. The SMILES string of the molecule is CCCNC(=O)[C@@H](Cc1ccccc1)N(Cc1ccc(Cl)cc1Cl)C(=O)CN(c1cc(OC)ccc1OC)S(=O)(=O)c1ccc(C)cc1. The average molecular weight is 713 g/mol. The summed E-state index contributed by atoms with van der Waals surface area (Å²) in [4.78, 5) is 29.9. The van der Waals surface area contributed by atoms with Crippen molar-refractivity contribution in [3.63, 3.8) is 0 Å². The third kappa shape index (κ3) is 9.00. The van der Waals surface area contributed by atoms with Gasteiger partial charge in [-0.05, 0) is 60.9 Å². The summed E-state index contributed by atoms with van der Waals surface area (Å²) in [5.74, 6) is -0.471. The lowest BCUT2D eigenvalue weighted by atomic mass is 10.0. The Kier molecular flexibility index (Phi) is 12.7. The van der Waals surface area contributed by atoms with Gasteiger partial charge in [0.25, 0.3) is 10.0 Å². The zero-order valence-corrected chi connectivity index (χ0v) is 29.6. The topological polar surface area (TPSA) is 105 Å². The van der Waals surface area contributed by atoms with E-state index in [1.54, 1.807) is 42.5 Å². The van der Waals surface area contributed by atoms with Crippen molar-refractivity contribution in [2.45, 2.75) is 44.2 Å². The monoisotopic (exact) mass is 711 g/mol. The summed E-state index contributed by atoms with van der Waals surface area (Å²) in [6.45, 7) is 3.40. The molecule has 0 aliphatic heterocycles. The van der Waals surface area contributed by atoms with Crippen molar-refractivity contribution in [2.24, 2.45) is 0 Å².